The molecule has 4 nitrogen and oxygen atoms in total. The molecule has 666 valence electrons. The molecule has 4 heterocycles. The zero-order chi connectivity index (χ0) is 94.3. The van der Waals surface area contributed by atoms with E-state index < -0.39 is 0 Å². The van der Waals surface area contributed by atoms with Crippen molar-refractivity contribution >= 4 is 185 Å². The molecule has 0 aliphatic carbocycles. The molecule has 0 bridgehead atoms. The predicted octanol–water partition coefficient (Wildman–Crippen LogP) is 39.9. The minimum absolute atomic E-state index is 0.0348. The van der Waals surface area contributed by atoms with Crippen molar-refractivity contribution in [3.05, 3.63) is 472 Å². The van der Waals surface area contributed by atoms with E-state index in [0.29, 0.717) is 0 Å². The van der Waals surface area contributed by atoms with Crippen molar-refractivity contribution in [3.63, 3.8) is 0 Å². The van der Waals surface area contributed by atoms with Crippen molar-refractivity contribution in [1.82, 2.24) is 0 Å². The lowest BCUT2D eigenvalue weighted by Gasteiger charge is -2.23. The van der Waals surface area contributed by atoms with Gasteiger partial charge in [-0.25, -0.2) is 0 Å². The maximum Gasteiger partial charge on any atom is 0.143 e. The van der Waals surface area contributed by atoms with Gasteiger partial charge in [-0.3, -0.25) is 0 Å². The van der Waals surface area contributed by atoms with Gasteiger partial charge in [0.1, 0.15) is 44.7 Å². The molecule has 30 rings (SSSR count). The number of hydrogen-bond donors (Lipinski definition) is 0. The molecular weight excluding hydrogens is 1720 g/mol. The van der Waals surface area contributed by atoms with Crippen LogP contribution in [0, 0.1) is 13.8 Å². The van der Waals surface area contributed by atoms with Crippen molar-refractivity contribution in [1.29, 1.82) is 0 Å². The average Bonchev–Trinajstić information content (AvgIpc) is 0.811. The first-order valence-electron chi connectivity index (χ1n) is 49.2. The van der Waals surface area contributed by atoms with Crippen LogP contribution < -0.4 is 0 Å². The Morgan fingerprint density at radius 1 is 0.148 bits per heavy atom. The van der Waals surface area contributed by atoms with E-state index in [1.54, 1.807) is 0 Å². The van der Waals surface area contributed by atoms with Crippen molar-refractivity contribution in [2.24, 2.45) is 0 Å². The monoisotopic (exact) mass is 1810 g/mol. The lowest BCUT2D eigenvalue weighted by molar-refractivity contribution is 0.591. The lowest BCUT2D eigenvalue weighted by atomic mass is 9.81. The van der Waals surface area contributed by atoms with Crippen LogP contribution in [0.2, 0.25) is 0 Å². The maximum absolute atomic E-state index is 6.68. The molecule has 0 aliphatic rings. The first kappa shape index (κ1) is 82.3. The van der Waals surface area contributed by atoms with Gasteiger partial charge in [-0.15, -0.1) is 0 Å². The normalized spacial score (nSPS) is 12.1. The van der Waals surface area contributed by atoms with E-state index >= 15 is 0 Å². The fraction of sp³-hybridized carbons (Fsp3) is 0.0435. The second kappa shape index (κ2) is 32.3. The smallest absolute Gasteiger partial charge is 0.143 e. The van der Waals surface area contributed by atoms with E-state index in [2.05, 4.69) is 459 Å². The largest absolute Gasteiger partial charge is 0.456 e. The summed E-state index contributed by atoms with van der Waals surface area (Å²) >= 11 is 0. The molecule has 0 spiro atoms. The van der Waals surface area contributed by atoms with Crippen LogP contribution >= 0.6 is 0 Å². The van der Waals surface area contributed by atoms with Crippen molar-refractivity contribution in [3.8, 4) is 111 Å². The average molecular weight is 1810 g/mol. The highest BCUT2D eigenvalue weighted by Gasteiger charge is 2.27. The number of fused-ring (bicyclic) bond motifs is 12. The van der Waals surface area contributed by atoms with Gasteiger partial charge >= 0.3 is 0 Å². The van der Waals surface area contributed by atoms with Crippen LogP contribution in [0.15, 0.2) is 473 Å². The molecule has 30 aromatic rings. The van der Waals surface area contributed by atoms with E-state index in [0.717, 1.165) is 127 Å². The standard InChI is InChI=1S/C56H38O2.2C41H26O/c1-56(2,3)39-30-34-23-25-44-48(33-13-5-4-6-14-33)32-49(45-26-24-35(31-39)52(34)53(44)45)38-28-36(40-17-11-19-46-42-15-7-9-21-50(42)57-54(40)46)27-37(29-38)41-18-12-20-47-43-16-8-10-22-51(43)58-55(41)47;1-25-13-15-26(16-14-25)29-21-17-27-20-24-35-32(22-18-28-19-23-34(29)39(27)40(28)35)30-7-2-3-8-31(30)36-10-6-11-37-33-9-4-5-12-38(33)42-41(36)37;1-25-6-8-27(9-7-25)32-19-14-29-17-23-37-33(20-15-30-16-22-36(32)40(29)41(30)37)28-12-10-26(11-13-28)31-18-21-35-34-4-2-3-5-38(34)42-39(35)24-31/h4-32H,1-3H3;2*2-24H,1H3. The van der Waals surface area contributed by atoms with E-state index in [4.69, 9.17) is 17.7 Å². The summed E-state index contributed by atoms with van der Waals surface area (Å²) in [4.78, 5) is 0. The number of furan rings is 4. The topological polar surface area (TPSA) is 52.6 Å². The Balaban J connectivity index is 0.000000106. The molecule has 0 radical (unpaired) electrons. The van der Waals surface area contributed by atoms with Gasteiger partial charge in [0.2, 0.25) is 0 Å². The summed E-state index contributed by atoms with van der Waals surface area (Å²) < 4.78 is 26.0. The Bertz CT molecular complexity index is 10200. The zero-order valence-corrected chi connectivity index (χ0v) is 78.9. The van der Waals surface area contributed by atoms with Crippen LogP contribution in [0.25, 0.3) is 296 Å². The molecule has 0 saturated heterocycles. The van der Waals surface area contributed by atoms with Crippen LogP contribution in [0.4, 0.5) is 0 Å². The molecular formula is C138H90O4. The van der Waals surface area contributed by atoms with Gasteiger partial charge in [-0.2, -0.15) is 0 Å². The molecule has 26 aromatic carbocycles. The van der Waals surface area contributed by atoms with Crippen molar-refractivity contribution in [2.45, 2.75) is 40.0 Å². The number of benzene rings is 26. The van der Waals surface area contributed by atoms with Gasteiger partial charge in [0.15, 0.2) is 0 Å². The highest BCUT2D eigenvalue weighted by molar-refractivity contribution is 6.32. The molecule has 0 saturated carbocycles. The van der Waals surface area contributed by atoms with E-state index in [9.17, 15) is 0 Å². The van der Waals surface area contributed by atoms with Gasteiger partial charge in [0.05, 0.1) is 0 Å². The van der Waals surface area contributed by atoms with Crippen LogP contribution in [0.1, 0.15) is 37.5 Å². The SMILES string of the molecule is CC(C)(C)c1cc2ccc3c(-c4ccccc4)cc(-c4cc(-c5cccc6c5oc5ccccc56)cc(-c5cccc6c5oc5ccccc56)c4)c4ccc(c1)c2c34.Cc1ccc(-c2ccc3ccc4c(-c5ccc(-c6ccc7c(c6)oc6ccccc67)cc5)ccc5ccc2c3c54)cc1.Cc1ccc(-c2ccc3ccc4c(-c5ccccc5-c5cccc6c5oc5ccccc56)ccc5ccc2c3c54)cc1. The van der Waals surface area contributed by atoms with Crippen molar-refractivity contribution < 1.29 is 17.7 Å². The summed E-state index contributed by atoms with van der Waals surface area (Å²) in [7, 11) is 0. The van der Waals surface area contributed by atoms with Crippen LogP contribution in [0.5, 0.6) is 0 Å². The van der Waals surface area contributed by atoms with Crippen molar-refractivity contribution in [2.75, 3.05) is 0 Å². The second-order valence-electron chi connectivity index (χ2n) is 39.6. The summed E-state index contributed by atoms with van der Waals surface area (Å²) in [5, 5.41) is 32.4. The number of aryl methyl sites for hydroxylation is 2. The first-order chi connectivity index (χ1) is 69.8. The fourth-order valence-corrected chi connectivity index (χ4v) is 23.2. The second-order valence-corrected chi connectivity index (χ2v) is 39.6. The molecule has 4 aromatic heterocycles. The number of para-hydroxylation sites is 7. The third-order valence-electron chi connectivity index (χ3n) is 30.2. The highest BCUT2D eigenvalue weighted by atomic mass is 16.3. The van der Waals surface area contributed by atoms with Gasteiger partial charge in [0.25, 0.3) is 0 Å². The van der Waals surface area contributed by atoms with Gasteiger partial charge in [-0.1, -0.05) is 426 Å². The number of hydrogen-bond acceptors (Lipinski definition) is 4. The maximum atomic E-state index is 6.68. The Hall–Kier alpha value is -18.0. The summed E-state index contributed by atoms with van der Waals surface area (Å²) in [5.41, 5.74) is 34.9. The molecule has 142 heavy (non-hydrogen) atoms. The molecule has 0 fully saturated rings. The van der Waals surface area contributed by atoms with E-state index in [1.807, 2.05) is 30.3 Å². The molecule has 4 heteroatoms. The first-order valence-corrected chi connectivity index (χ1v) is 49.2. The fourth-order valence-electron chi connectivity index (χ4n) is 23.2. The molecule has 0 aliphatic heterocycles. The summed E-state index contributed by atoms with van der Waals surface area (Å²) in [6, 6.07) is 166. The predicted molar refractivity (Wildman–Crippen MR) is 602 cm³/mol. The highest BCUT2D eigenvalue weighted by Crippen LogP contribution is 2.53. The summed E-state index contributed by atoms with van der Waals surface area (Å²) in [6.07, 6.45) is 0. The van der Waals surface area contributed by atoms with Gasteiger partial charge in [0, 0.05) is 59.8 Å². The van der Waals surface area contributed by atoms with E-state index in [-0.39, 0.29) is 5.41 Å². The van der Waals surface area contributed by atoms with Gasteiger partial charge in [-0.05, 0) is 277 Å². The summed E-state index contributed by atoms with van der Waals surface area (Å²) in [5.74, 6) is 0. The Morgan fingerprint density at radius 2 is 0.444 bits per heavy atom. The lowest BCUT2D eigenvalue weighted by Crippen LogP contribution is -2.10. The Labute approximate surface area is 819 Å². The van der Waals surface area contributed by atoms with E-state index in [1.165, 1.54) is 186 Å². The number of rotatable bonds is 10. The molecule has 0 unspecified atom stereocenters. The molecule has 0 amide bonds. The molecule has 0 atom stereocenters. The van der Waals surface area contributed by atoms with Crippen LogP contribution in [0.3, 0.4) is 0 Å². The molecule has 0 N–H and O–H groups in total. The van der Waals surface area contributed by atoms with Crippen LogP contribution in [-0.4, -0.2) is 0 Å². The quantitative estimate of drug-likeness (QED) is 0.128. The Morgan fingerprint density at radius 3 is 0.894 bits per heavy atom. The minimum Gasteiger partial charge on any atom is -0.456 e. The summed E-state index contributed by atoms with van der Waals surface area (Å²) in [6.45, 7) is 11.2. The third-order valence-corrected chi connectivity index (χ3v) is 30.2. The van der Waals surface area contributed by atoms with Gasteiger partial charge < -0.3 is 17.7 Å². The third kappa shape index (κ3) is 13.3. The Kier molecular flexibility index (Phi) is 18.7. The van der Waals surface area contributed by atoms with Crippen LogP contribution in [-0.2, 0) is 5.41 Å². The minimum atomic E-state index is 0.0348. The zero-order valence-electron chi connectivity index (χ0n) is 78.9.